The van der Waals surface area contributed by atoms with Gasteiger partial charge in [0.2, 0.25) is 11.5 Å². The summed E-state index contributed by atoms with van der Waals surface area (Å²) in [4.78, 5) is 26.7. The van der Waals surface area contributed by atoms with Crippen molar-refractivity contribution < 1.29 is 4.79 Å². The molecule has 1 fully saturated rings. The average molecular weight is 227 g/mol. The monoisotopic (exact) mass is 226 g/mol. The first kappa shape index (κ1) is 10.2. The van der Waals surface area contributed by atoms with Crippen molar-refractivity contribution in [1.29, 1.82) is 0 Å². The Bertz CT molecular complexity index is 409. The molecule has 0 bridgehead atoms. The number of hydrogen-bond donors (Lipinski definition) is 1. The van der Waals surface area contributed by atoms with Crippen molar-refractivity contribution in [3.8, 4) is 0 Å². The van der Waals surface area contributed by atoms with Gasteiger partial charge in [-0.3, -0.25) is 9.59 Å². The van der Waals surface area contributed by atoms with Crippen LogP contribution in [-0.4, -0.2) is 23.3 Å². The van der Waals surface area contributed by atoms with Crippen LogP contribution in [0.3, 0.4) is 0 Å². The van der Waals surface area contributed by atoms with Crippen LogP contribution in [0.4, 0.5) is 5.69 Å². The van der Waals surface area contributed by atoms with Crippen LogP contribution in [0.1, 0.15) is 6.42 Å². The highest BCUT2D eigenvalue weighted by molar-refractivity contribution is 6.18. The van der Waals surface area contributed by atoms with E-state index in [0.29, 0.717) is 18.8 Å². The normalized spacial score (nSPS) is 21.0. The van der Waals surface area contributed by atoms with Crippen molar-refractivity contribution >= 4 is 23.2 Å². The molecule has 2 rings (SSSR count). The van der Waals surface area contributed by atoms with Crippen molar-refractivity contribution in [1.82, 2.24) is 4.98 Å². The fourth-order valence-electron chi connectivity index (χ4n) is 1.70. The number of aromatic amines is 1. The third kappa shape index (κ3) is 2.04. The molecule has 1 saturated heterocycles. The zero-order valence-corrected chi connectivity index (χ0v) is 8.83. The molecule has 1 aromatic rings. The maximum absolute atomic E-state index is 11.6. The molecule has 0 aromatic carbocycles. The van der Waals surface area contributed by atoms with Gasteiger partial charge in [0.1, 0.15) is 0 Å². The number of hydrogen-bond acceptors (Lipinski definition) is 2. The molecule has 1 aliphatic rings. The van der Waals surface area contributed by atoms with Crippen molar-refractivity contribution in [3.05, 3.63) is 28.7 Å². The third-order valence-electron chi connectivity index (χ3n) is 2.50. The van der Waals surface area contributed by atoms with E-state index in [1.807, 2.05) is 0 Å². The molecule has 15 heavy (non-hydrogen) atoms. The summed E-state index contributed by atoms with van der Waals surface area (Å²) in [7, 11) is 0. The SMILES string of the molecule is O=C1CC(CCl)CN1c1ccc(=O)[nH]c1. The largest absolute Gasteiger partial charge is 0.327 e. The minimum absolute atomic E-state index is 0.0627. The molecule has 0 spiro atoms. The van der Waals surface area contributed by atoms with Gasteiger partial charge in [0.05, 0.1) is 5.69 Å². The minimum Gasteiger partial charge on any atom is -0.327 e. The van der Waals surface area contributed by atoms with Gasteiger partial charge in [-0.2, -0.15) is 0 Å². The van der Waals surface area contributed by atoms with Crippen molar-refractivity contribution in [2.24, 2.45) is 5.92 Å². The number of amides is 1. The van der Waals surface area contributed by atoms with Gasteiger partial charge in [-0.1, -0.05) is 0 Å². The Kier molecular flexibility index (Phi) is 2.77. The van der Waals surface area contributed by atoms with Crippen LogP contribution in [0.15, 0.2) is 23.1 Å². The molecule has 80 valence electrons. The Morgan fingerprint density at radius 2 is 2.27 bits per heavy atom. The summed E-state index contributed by atoms with van der Waals surface area (Å²) in [5, 5.41) is 0. The lowest BCUT2D eigenvalue weighted by molar-refractivity contribution is -0.117. The molecule has 0 saturated carbocycles. The summed E-state index contributed by atoms with van der Waals surface area (Å²) in [5.41, 5.74) is 0.562. The average Bonchev–Trinajstić information content (AvgIpc) is 2.61. The Hall–Kier alpha value is -1.29. The first-order valence-corrected chi connectivity index (χ1v) is 5.29. The fraction of sp³-hybridized carbons (Fsp3) is 0.400. The molecule has 5 heteroatoms. The van der Waals surface area contributed by atoms with E-state index in [9.17, 15) is 9.59 Å². The number of H-pyrrole nitrogens is 1. The molecule has 1 atom stereocenters. The summed E-state index contributed by atoms with van der Waals surface area (Å²) >= 11 is 5.71. The number of anilines is 1. The van der Waals surface area contributed by atoms with E-state index < -0.39 is 0 Å². The van der Waals surface area contributed by atoms with Gasteiger partial charge in [0, 0.05) is 31.1 Å². The molecule has 2 heterocycles. The molecular formula is C10H11ClN2O2. The van der Waals surface area contributed by atoms with Gasteiger partial charge in [0.25, 0.3) is 0 Å². The first-order chi connectivity index (χ1) is 7.20. The highest BCUT2D eigenvalue weighted by atomic mass is 35.5. The Morgan fingerprint density at radius 1 is 1.47 bits per heavy atom. The van der Waals surface area contributed by atoms with Crippen LogP contribution in [0, 0.1) is 5.92 Å². The summed E-state index contributed by atoms with van der Waals surface area (Å²) in [5.74, 6) is 0.768. The molecule has 1 unspecified atom stereocenters. The van der Waals surface area contributed by atoms with Crippen LogP contribution in [-0.2, 0) is 4.79 Å². The molecular weight excluding hydrogens is 216 g/mol. The Morgan fingerprint density at radius 3 is 2.80 bits per heavy atom. The van der Waals surface area contributed by atoms with Gasteiger partial charge in [-0.25, -0.2) is 0 Å². The summed E-state index contributed by atoms with van der Waals surface area (Å²) in [6.45, 7) is 0.633. The molecule has 4 nitrogen and oxygen atoms in total. The first-order valence-electron chi connectivity index (χ1n) is 4.76. The van der Waals surface area contributed by atoms with Gasteiger partial charge >= 0.3 is 0 Å². The number of halogens is 1. The van der Waals surface area contributed by atoms with Gasteiger partial charge in [-0.05, 0) is 12.0 Å². The van der Waals surface area contributed by atoms with E-state index in [4.69, 9.17) is 11.6 Å². The topological polar surface area (TPSA) is 53.2 Å². The quantitative estimate of drug-likeness (QED) is 0.764. The molecule has 1 aliphatic heterocycles. The minimum atomic E-state index is -0.167. The van der Waals surface area contributed by atoms with E-state index in [2.05, 4.69) is 4.98 Å². The van der Waals surface area contributed by atoms with Crippen LogP contribution in [0.25, 0.3) is 0 Å². The number of carbonyl (C=O) groups is 1. The second-order valence-corrected chi connectivity index (χ2v) is 3.95. The lowest BCUT2D eigenvalue weighted by atomic mass is 10.1. The van der Waals surface area contributed by atoms with Gasteiger partial charge < -0.3 is 9.88 Å². The number of aromatic nitrogens is 1. The molecule has 0 aliphatic carbocycles. The van der Waals surface area contributed by atoms with E-state index in [1.165, 1.54) is 6.07 Å². The van der Waals surface area contributed by atoms with Gasteiger partial charge in [0.15, 0.2) is 0 Å². The lowest BCUT2D eigenvalue weighted by Gasteiger charge is -2.15. The third-order valence-corrected chi connectivity index (χ3v) is 2.94. The van der Waals surface area contributed by atoms with Crippen molar-refractivity contribution in [3.63, 3.8) is 0 Å². The van der Waals surface area contributed by atoms with E-state index in [-0.39, 0.29) is 17.4 Å². The predicted octanol–water partition coefficient (Wildman–Crippen LogP) is 0.967. The highest BCUT2D eigenvalue weighted by Gasteiger charge is 2.29. The van der Waals surface area contributed by atoms with E-state index in [0.717, 1.165) is 5.69 Å². The van der Waals surface area contributed by atoms with E-state index in [1.54, 1.807) is 17.2 Å². The number of carbonyl (C=O) groups excluding carboxylic acids is 1. The second-order valence-electron chi connectivity index (χ2n) is 3.64. The number of alkyl halides is 1. The highest BCUT2D eigenvalue weighted by Crippen LogP contribution is 2.24. The van der Waals surface area contributed by atoms with Crippen LogP contribution in [0.2, 0.25) is 0 Å². The summed E-state index contributed by atoms with van der Waals surface area (Å²) in [6.07, 6.45) is 2.04. The second kappa shape index (κ2) is 4.06. The summed E-state index contributed by atoms with van der Waals surface area (Å²) < 4.78 is 0. The van der Waals surface area contributed by atoms with Gasteiger partial charge in [-0.15, -0.1) is 11.6 Å². The number of pyridine rings is 1. The van der Waals surface area contributed by atoms with E-state index >= 15 is 0 Å². The number of nitrogens with zero attached hydrogens (tertiary/aromatic N) is 1. The summed E-state index contributed by atoms with van der Waals surface area (Å²) in [6, 6.07) is 3.06. The Balaban J connectivity index is 2.21. The zero-order valence-electron chi connectivity index (χ0n) is 8.07. The number of nitrogens with one attached hydrogen (secondary N) is 1. The number of rotatable bonds is 2. The lowest BCUT2D eigenvalue weighted by Crippen LogP contribution is -2.25. The standard InChI is InChI=1S/C10H11ClN2O2/c11-4-7-3-10(15)13(6-7)8-1-2-9(14)12-5-8/h1-2,5,7H,3-4,6H2,(H,12,14). The maximum atomic E-state index is 11.6. The fourth-order valence-corrected chi connectivity index (χ4v) is 1.91. The smallest absolute Gasteiger partial charge is 0.248 e. The maximum Gasteiger partial charge on any atom is 0.248 e. The molecule has 0 radical (unpaired) electrons. The van der Waals surface area contributed by atoms with Crippen LogP contribution < -0.4 is 10.5 Å². The van der Waals surface area contributed by atoms with Crippen molar-refractivity contribution in [2.75, 3.05) is 17.3 Å². The van der Waals surface area contributed by atoms with Crippen molar-refractivity contribution in [2.45, 2.75) is 6.42 Å². The van der Waals surface area contributed by atoms with Crippen LogP contribution >= 0.6 is 11.6 Å². The van der Waals surface area contributed by atoms with Crippen LogP contribution in [0.5, 0.6) is 0 Å². The zero-order chi connectivity index (χ0) is 10.8. The molecule has 1 aromatic heterocycles. The molecule has 1 amide bonds. The Labute approximate surface area is 91.9 Å². The molecule has 1 N–H and O–H groups in total. The predicted molar refractivity (Wildman–Crippen MR) is 58.2 cm³/mol.